The summed E-state index contributed by atoms with van der Waals surface area (Å²) in [5, 5.41) is 0. The predicted molar refractivity (Wildman–Crippen MR) is 69.2 cm³/mol. The largest absolute Gasteiger partial charge is 0.438 e. The van der Waals surface area contributed by atoms with Crippen LogP contribution in [0.2, 0.25) is 0 Å². The molecule has 5 nitrogen and oxygen atoms in total. The Hall–Kier alpha value is -1.59. The van der Waals surface area contributed by atoms with Crippen molar-refractivity contribution in [1.29, 1.82) is 0 Å². The van der Waals surface area contributed by atoms with E-state index in [1.54, 1.807) is 12.1 Å². The highest BCUT2D eigenvalue weighted by Crippen LogP contribution is 2.18. The van der Waals surface area contributed by atoms with E-state index in [-0.39, 0.29) is 6.10 Å². The maximum absolute atomic E-state index is 5.68. The summed E-state index contributed by atoms with van der Waals surface area (Å²) in [6.07, 6.45) is 0.0185. The summed E-state index contributed by atoms with van der Waals surface area (Å²) in [6, 6.07) is 5.38. The number of nitrogen functional groups attached to an aromatic ring is 1. The number of hydrogen-bond donors (Lipinski definition) is 1. The van der Waals surface area contributed by atoms with E-state index in [4.69, 9.17) is 19.6 Å². The van der Waals surface area contributed by atoms with Crippen LogP contribution in [0.15, 0.2) is 22.6 Å². The summed E-state index contributed by atoms with van der Waals surface area (Å²) < 4.78 is 16.4. The molecular formula is C13H18N2O3. The van der Waals surface area contributed by atoms with Crippen molar-refractivity contribution >= 4 is 16.8 Å². The molecule has 0 radical (unpaired) electrons. The van der Waals surface area contributed by atoms with Gasteiger partial charge in [-0.05, 0) is 32.0 Å². The van der Waals surface area contributed by atoms with Gasteiger partial charge in [-0.3, -0.25) is 0 Å². The first-order valence-electron chi connectivity index (χ1n) is 6.03. The lowest BCUT2D eigenvalue weighted by Gasteiger charge is -2.10. The zero-order valence-corrected chi connectivity index (χ0v) is 10.7. The van der Waals surface area contributed by atoms with Gasteiger partial charge in [-0.25, -0.2) is 4.98 Å². The highest BCUT2D eigenvalue weighted by Gasteiger charge is 2.08. The molecule has 0 saturated carbocycles. The second-order valence-corrected chi connectivity index (χ2v) is 4.12. The summed E-state index contributed by atoms with van der Waals surface area (Å²) in [6.45, 7) is 5.51. The zero-order chi connectivity index (χ0) is 13.0. The van der Waals surface area contributed by atoms with E-state index in [2.05, 4.69) is 4.98 Å². The lowest BCUT2D eigenvalue weighted by molar-refractivity contribution is -0.0181. The van der Waals surface area contributed by atoms with E-state index >= 15 is 0 Å². The minimum Gasteiger partial charge on any atom is -0.438 e. The minimum atomic E-state index is 0.0185. The Kier molecular flexibility index (Phi) is 4.17. The van der Waals surface area contributed by atoms with Gasteiger partial charge in [-0.1, -0.05) is 0 Å². The van der Waals surface area contributed by atoms with Gasteiger partial charge in [-0.15, -0.1) is 0 Å². The topological polar surface area (TPSA) is 70.5 Å². The molecule has 0 spiro atoms. The fraction of sp³-hybridized carbons (Fsp3) is 0.462. The second kappa shape index (κ2) is 5.84. The predicted octanol–water partition coefficient (Wildman–Crippen LogP) is 2.35. The highest BCUT2D eigenvalue weighted by atomic mass is 16.5. The van der Waals surface area contributed by atoms with Gasteiger partial charge < -0.3 is 19.6 Å². The normalized spacial score (nSPS) is 13.0. The zero-order valence-electron chi connectivity index (χ0n) is 10.7. The molecule has 0 amide bonds. The van der Waals surface area contributed by atoms with Crippen LogP contribution >= 0.6 is 0 Å². The van der Waals surface area contributed by atoms with E-state index in [1.165, 1.54) is 0 Å². The average Bonchev–Trinajstić information content (AvgIpc) is 2.75. The van der Waals surface area contributed by atoms with Gasteiger partial charge in [0.25, 0.3) is 0 Å². The van der Waals surface area contributed by atoms with Gasteiger partial charge in [0.1, 0.15) is 12.1 Å². The number of hydrogen-bond acceptors (Lipinski definition) is 5. The van der Waals surface area contributed by atoms with Gasteiger partial charge >= 0.3 is 0 Å². The molecule has 0 fully saturated rings. The Balaban J connectivity index is 1.95. The fourth-order valence-corrected chi connectivity index (χ4v) is 1.60. The number of anilines is 1. The summed E-state index contributed by atoms with van der Waals surface area (Å²) in [5.74, 6) is 0.555. The first kappa shape index (κ1) is 12.9. The van der Waals surface area contributed by atoms with E-state index in [0.29, 0.717) is 31.4 Å². The van der Waals surface area contributed by atoms with E-state index < -0.39 is 0 Å². The van der Waals surface area contributed by atoms with Crippen LogP contribution in [0.25, 0.3) is 11.1 Å². The molecule has 1 aromatic heterocycles. The first-order valence-corrected chi connectivity index (χ1v) is 6.03. The Bertz CT molecular complexity index is 510. The molecule has 18 heavy (non-hydrogen) atoms. The van der Waals surface area contributed by atoms with Crippen LogP contribution in [0.3, 0.4) is 0 Å². The van der Waals surface area contributed by atoms with Crippen LogP contribution in [0.5, 0.6) is 0 Å². The molecule has 2 N–H and O–H groups in total. The van der Waals surface area contributed by atoms with Crippen molar-refractivity contribution in [3.05, 3.63) is 24.1 Å². The SMILES string of the molecule is CCOCC(C)OCc1nc2cc(N)ccc2o1. The monoisotopic (exact) mass is 250 g/mol. The molecule has 1 heterocycles. The minimum absolute atomic E-state index is 0.0185. The highest BCUT2D eigenvalue weighted by molar-refractivity contribution is 5.76. The van der Waals surface area contributed by atoms with E-state index in [1.807, 2.05) is 19.9 Å². The number of aromatic nitrogens is 1. The molecule has 2 aromatic rings. The van der Waals surface area contributed by atoms with Crippen molar-refractivity contribution < 1.29 is 13.9 Å². The number of fused-ring (bicyclic) bond motifs is 1. The Morgan fingerprint density at radius 2 is 2.28 bits per heavy atom. The third-order valence-corrected chi connectivity index (χ3v) is 2.50. The van der Waals surface area contributed by atoms with Crippen LogP contribution in [0.4, 0.5) is 5.69 Å². The number of rotatable bonds is 6. The molecule has 1 unspecified atom stereocenters. The maximum atomic E-state index is 5.68. The molecule has 1 aromatic carbocycles. The molecular weight excluding hydrogens is 232 g/mol. The fourth-order valence-electron chi connectivity index (χ4n) is 1.60. The smallest absolute Gasteiger partial charge is 0.221 e. The number of ether oxygens (including phenoxy) is 2. The summed E-state index contributed by atoms with van der Waals surface area (Å²) in [5.41, 5.74) is 7.83. The van der Waals surface area contributed by atoms with Gasteiger partial charge in [0, 0.05) is 12.3 Å². The average molecular weight is 250 g/mol. The van der Waals surface area contributed by atoms with Crippen molar-refractivity contribution in [2.24, 2.45) is 0 Å². The van der Waals surface area contributed by atoms with Crippen molar-refractivity contribution in [3.63, 3.8) is 0 Å². The molecule has 0 aliphatic heterocycles. The molecule has 2 rings (SSSR count). The van der Waals surface area contributed by atoms with Crippen molar-refractivity contribution in [3.8, 4) is 0 Å². The Morgan fingerprint density at radius 3 is 3.06 bits per heavy atom. The number of benzene rings is 1. The lowest BCUT2D eigenvalue weighted by Crippen LogP contribution is -2.15. The second-order valence-electron chi connectivity index (χ2n) is 4.12. The molecule has 0 saturated heterocycles. The molecule has 0 aliphatic carbocycles. The number of nitrogens with zero attached hydrogens (tertiary/aromatic N) is 1. The summed E-state index contributed by atoms with van der Waals surface area (Å²) in [7, 11) is 0. The van der Waals surface area contributed by atoms with Crippen LogP contribution in [0.1, 0.15) is 19.7 Å². The Morgan fingerprint density at radius 1 is 1.44 bits per heavy atom. The number of nitrogens with two attached hydrogens (primary N) is 1. The van der Waals surface area contributed by atoms with Gasteiger partial charge in [0.2, 0.25) is 5.89 Å². The first-order chi connectivity index (χ1) is 8.69. The van der Waals surface area contributed by atoms with Crippen LogP contribution in [0, 0.1) is 0 Å². The van der Waals surface area contributed by atoms with Gasteiger partial charge in [0.15, 0.2) is 5.58 Å². The lowest BCUT2D eigenvalue weighted by atomic mass is 10.3. The van der Waals surface area contributed by atoms with Gasteiger partial charge in [-0.2, -0.15) is 0 Å². The molecule has 1 atom stereocenters. The maximum Gasteiger partial charge on any atom is 0.221 e. The molecule has 0 bridgehead atoms. The standard InChI is InChI=1S/C13H18N2O3/c1-3-16-7-9(2)17-8-13-15-11-6-10(14)4-5-12(11)18-13/h4-6,9H,3,7-8,14H2,1-2H3. The summed E-state index contributed by atoms with van der Waals surface area (Å²) >= 11 is 0. The molecule has 0 aliphatic rings. The third kappa shape index (κ3) is 3.21. The molecule has 5 heteroatoms. The van der Waals surface area contributed by atoms with E-state index in [9.17, 15) is 0 Å². The van der Waals surface area contributed by atoms with Crippen molar-refractivity contribution in [2.75, 3.05) is 18.9 Å². The van der Waals surface area contributed by atoms with Crippen LogP contribution < -0.4 is 5.73 Å². The van der Waals surface area contributed by atoms with Crippen molar-refractivity contribution in [2.45, 2.75) is 26.6 Å². The number of oxazole rings is 1. The molecule has 98 valence electrons. The Labute approximate surface area is 106 Å². The van der Waals surface area contributed by atoms with Crippen molar-refractivity contribution in [1.82, 2.24) is 4.98 Å². The van der Waals surface area contributed by atoms with Crippen LogP contribution in [-0.2, 0) is 16.1 Å². The third-order valence-electron chi connectivity index (χ3n) is 2.50. The van der Waals surface area contributed by atoms with E-state index in [0.717, 1.165) is 11.1 Å². The van der Waals surface area contributed by atoms with Gasteiger partial charge in [0.05, 0.1) is 12.7 Å². The summed E-state index contributed by atoms with van der Waals surface area (Å²) in [4.78, 5) is 4.31. The van der Waals surface area contributed by atoms with Crippen LogP contribution in [-0.4, -0.2) is 24.3 Å². The quantitative estimate of drug-likeness (QED) is 0.797.